The SMILES string of the molecule is O=C(CSc1nnc(Nc2cccc(Br)c2)s1)Nc1cc2c(cc1Cl)OCO2. The number of hydrogen-bond acceptors (Lipinski definition) is 8. The number of hydrogen-bond donors (Lipinski definition) is 2. The molecule has 2 aromatic carbocycles. The molecular weight excluding hydrogens is 488 g/mol. The van der Waals surface area contributed by atoms with Crippen molar-refractivity contribution in [1.29, 1.82) is 0 Å². The van der Waals surface area contributed by atoms with E-state index in [-0.39, 0.29) is 18.5 Å². The van der Waals surface area contributed by atoms with E-state index < -0.39 is 0 Å². The van der Waals surface area contributed by atoms with Gasteiger partial charge in [-0.05, 0) is 18.2 Å². The number of thioether (sulfide) groups is 1. The molecule has 144 valence electrons. The number of anilines is 3. The summed E-state index contributed by atoms with van der Waals surface area (Å²) in [5.74, 6) is 1.09. The van der Waals surface area contributed by atoms with Gasteiger partial charge in [0.15, 0.2) is 15.8 Å². The highest BCUT2D eigenvalue weighted by atomic mass is 79.9. The number of amides is 1. The topological polar surface area (TPSA) is 85.4 Å². The van der Waals surface area contributed by atoms with Crippen LogP contribution in [0.3, 0.4) is 0 Å². The van der Waals surface area contributed by atoms with Gasteiger partial charge in [0.25, 0.3) is 0 Å². The van der Waals surface area contributed by atoms with E-state index in [1.54, 1.807) is 12.1 Å². The molecule has 0 spiro atoms. The molecule has 1 amide bonds. The molecule has 4 rings (SSSR count). The number of carbonyl (C=O) groups is 1. The second kappa shape index (κ2) is 8.56. The van der Waals surface area contributed by atoms with Crippen LogP contribution in [0.5, 0.6) is 11.5 Å². The van der Waals surface area contributed by atoms with E-state index >= 15 is 0 Å². The average molecular weight is 500 g/mol. The molecule has 28 heavy (non-hydrogen) atoms. The lowest BCUT2D eigenvalue weighted by Crippen LogP contribution is -2.14. The highest BCUT2D eigenvalue weighted by molar-refractivity contribution is 9.10. The van der Waals surface area contributed by atoms with E-state index in [9.17, 15) is 4.79 Å². The van der Waals surface area contributed by atoms with E-state index in [1.807, 2.05) is 24.3 Å². The lowest BCUT2D eigenvalue weighted by Gasteiger charge is -2.07. The lowest BCUT2D eigenvalue weighted by molar-refractivity contribution is -0.113. The molecule has 0 saturated carbocycles. The number of fused-ring (bicyclic) bond motifs is 1. The molecule has 1 aliphatic heterocycles. The summed E-state index contributed by atoms with van der Waals surface area (Å²) in [6.45, 7) is 0.145. The third-order valence-electron chi connectivity index (χ3n) is 3.55. The minimum Gasteiger partial charge on any atom is -0.454 e. The number of nitrogens with zero attached hydrogens (tertiary/aromatic N) is 2. The summed E-state index contributed by atoms with van der Waals surface area (Å²) in [5.41, 5.74) is 1.38. The molecule has 0 aliphatic carbocycles. The molecule has 0 fully saturated rings. The Balaban J connectivity index is 1.32. The predicted molar refractivity (Wildman–Crippen MR) is 114 cm³/mol. The van der Waals surface area contributed by atoms with Crippen LogP contribution in [-0.2, 0) is 4.79 Å². The quantitative estimate of drug-likeness (QED) is 0.453. The first kappa shape index (κ1) is 19.3. The van der Waals surface area contributed by atoms with Crippen molar-refractivity contribution in [3.05, 3.63) is 45.9 Å². The van der Waals surface area contributed by atoms with Crippen LogP contribution in [0.1, 0.15) is 0 Å². The fraction of sp³-hybridized carbons (Fsp3) is 0.118. The van der Waals surface area contributed by atoms with Gasteiger partial charge in [-0.25, -0.2) is 0 Å². The first-order valence-electron chi connectivity index (χ1n) is 7.95. The highest BCUT2D eigenvalue weighted by Crippen LogP contribution is 2.39. The lowest BCUT2D eigenvalue weighted by atomic mass is 10.2. The Bertz CT molecular complexity index is 1030. The van der Waals surface area contributed by atoms with Crippen LogP contribution in [-0.4, -0.2) is 28.7 Å². The molecule has 7 nitrogen and oxygen atoms in total. The zero-order valence-electron chi connectivity index (χ0n) is 14.1. The number of nitrogens with one attached hydrogen (secondary N) is 2. The van der Waals surface area contributed by atoms with Gasteiger partial charge in [0.2, 0.25) is 17.8 Å². The first-order valence-corrected chi connectivity index (χ1v) is 10.9. The molecule has 2 N–H and O–H groups in total. The summed E-state index contributed by atoms with van der Waals surface area (Å²) in [5, 5.41) is 15.2. The van der Waals surface area contributed by atoms with Gasteiger partial charge in [0.05, 0.1) is 16.5 Å². The van der Waals surface area contributed by atoms with Crippen LogP contribution in [0.25, 0.3) is 0 Å². The van der Waals surface area contributed by atoms with Gasteiger partial charge in [-0.15, -0.1) is 10.2 Å². The maximum Gasteiger partial charge on any atom is 0.234 e. The number of rotatable bonds is 6. The standard InChI is InChI=1S/C17H12BrClN4O3S2/c18-9-2-1-3-10(4-9)20-16-22-23-17(28-16)27-7-15(24)21-12-6-14-13(5-11(12)19)25-8-26-14/h1-6H,7-8H2,(H,20,22)(H,21,24). The van der Waals surface area contributed by atoms with E-state index in [1.165, 1.54) is 23.1 Å². The third-order valence-corrected chi connectivity index (χ3v) is 6.32. The zero-order valence-corrected chi connectivity index (χ0v) is 18.0. The van der Waals surface area contributed by atoms with Crippen molar-refractivity contribution in [2.45, 2.75) is 4.34 Å². The van der Waals surface area contributed by atoms with E-state index in [0.717, 1.165) is 10.2 Å². The van der Waals surface area contributed by atoms with E-state index in [4.69, 9.17) is 21.1 Å². The predicted octanol–water partition coefficient (Wildman–Crippen LogP) is 5.16. The molecule has 0 bridgehead atoms. The second-order valence-electron chi connectivity index (χ2n) is 5.53. The number of benzene rings is 2. The van der Waals surface area contributed by atoms with Gasteiger partial charge in [0.1, 0.15) is 0 Å². The normalized spacial score (nSPS) is 12.1. The monoisotopic (exact) mass is 498 g/mol. The largest absolute Gasteiger partial charge is 0.454 e. The molecular formula is C17H12BrClN4O3S2. The Kier molecular flexibility index (Phi) is 5.90. The molecule has 0 radical (unpaired) electrons. The number of halogens is 2. The summed E-state index contributed by atoms with van der Waals surface area (Å²) in [7, 11) is 0. The van der Waals surface area contributed by atoms with Crippen molar-refractivity contribution in [3.63, 3.8) is 0 Å². The van der Waals surface area contributed by atoms with Gasteiger partial charge < -0.3 is 20.1 Å². The summed E-state index contributed by atoms with van der Waals surface area (Å²) < 4.78 is 12.2. The summed E-state index contributed by atoms with van der Waals surface area (Å²) in [6, 6.07) is 11.0. The van der Waals surface area contributed by atoms with Crippen LogP contribution >= 0.6 is 50.6 Å². The Labute approximate surface area is 181 Å². The molecule has 0 saturated heterocycles. The molecule has 1 aromatic heterocycles. The average Bonchev–Trinajstić information content (AvgIpc) is 3.29. The van der Waals surface area contributed by atoms with Crippen molar-refractivity contribution >= 4 is 73.0 Å². The van der Waals surface area contributed by atoms with Crippen molar-refractivity contribution in [3.8, 4) is 11.5 Å². The van der Waals surface area contributed by atoms with E-state index in [0.29, 0.717) is 31.7 Å². The van der Waals surface area contributed by atoms with Crippen LogP contribution in [0.2, 0.25) is 5.02 Å². The smallest absolute Gasteiger partial charge is 0.234 e. The maximum atomic E-state index is 12.2. The van der Waals surface area contributed by atoms with Crippen LogP contribution in [0, 0.1) is 0 Å². The number of aromatic nitrogens is 2. The van der Waals surface area contributed by atoms with E-state index in [2.05, 4.69) is 36.8 Å². The summed E-state index contributed by atoms with van der Waals surface area (Å²) in [4.78, 5) is 12.2. The summed E-state index contributed by atoms with van der Waals surface area (Å²) in [6.07, 6.45) is 0. The maximum absolute atomic E-state index is 12.2. The van der Waals surface area contributed by atoms with Crippen molar-refractivity contribution in [2.24, 2.45) is 0 Å². The van der Waals surface area contributed by atoms with Crippen molar-refractivity contribution in [1.82, 2.24) is 10.2 Å². The second-order valence-corrected chi connectivity index (χ2v) is 9.05. The van der Waals surface area contributed by atoms with Gasteiger partial charge in [-0.1, -0.05) is 56.7 Å². The van der Waals surface area contributed by atoms with Gasteiger partial charge >= 0.3 is 0 Å². The number of ether oxygens (including phenoxy) is 2. The first-order chi connectivity index (χ1) is 13.6. The molecule has 0 atom stereocenters. The Morgan fingerprint density at radius 2 is 2.07 bits per heavy atom. The third kappa shape index (κ3) is 4.69. The Morgan fingerprint density at radius 1 is 1.25 bits per heavy atom. The zero-order chi connectivity index (χ0) is 19.5. The molecule has 1 aliphatic rings. The van der Waals surface area contributed by atoms with Crippen LogP contribution in [0.15, 0.2) is 45.2 Å². The van der Waals surface area contributed by atoms with Gasteiger partial charge in [-0.2, -0.15) is 0 Å². The number of carbonyl (C=O) groups excluding carboxylic acids is 1. The fourth-order valence-electron chi connectivity index (χ4n) is 2.33. The molecule has 2 heterocycles. The van der Waals surface area contributed by atoms with Crippen molar-refractivity contribution in [2.75, 3.05) is 23.2 Å². The molecule has 3 aromatic rings. The minimum atomic E-state index is -0.206. The molecule has 0 unspecified atom stereocenters. The fourth-order valence-corrected chi connectivity index (χ4v) is 4.51. The van der Waals surface area contributed by atoms with Gasteiger partial charge in [-0.3, -0.25) is 4.79 Å². The van der Waals surface area contributed by atoms with Crippen LogP contribution < -0.4 is 20.1 Å². The van der Waals surface area contributed by atoms with Crippen LogP contribution in [0.4, 0.5) is 16.5 Å². The summed E-state index contributed by atoms with van der Waals surface area (Å²) >= 11 is 12.3. The highest BCUT2D eigenvalue weighted by Gasteiger charge is 2.18. The van der Waals surface area contributed by atoms with Gasteiger partial charge in [0, 0.05) is 22.3 Å². The Morgan fingerprint density at radius 3 is 2.89 bits per heavy atom. The van der Waals surface area contributed by atoms with Crippen molar-refractivity contribution < 1.29 is 14.3 Å². The minimum absolute atomic E-state index is 0.145. The Hall–Kier alpha value is -2.01. The molecule has 11 heteroatoms.